The van der Waals surface area contributed by atoms with Gasteiger partial charge in [0.1, 0.15) is 5.82 Å². The number of rotatable bonds is 8. The fourth-order valence-corrected chi connectivity index (χ4v) is 3.46. The van der Waals surface area contributed by atoms with Gasteiger partial charge in [-0.05, 0) is 42.5 Å². The summed E-state index contributed by atoms with van der Waals surface area (Å²) in [7, 11) is 1.79. The first-order valence-electron chi connectivity index (χ1n) is 10.7. The quantitative estimate of drug-likeness (QED) is 0.513. The van der Waals surface area contributed by atoms with Crippen molar-refractivity contribution in [1.82, 2.24) is 20.5 Å². The van der Waals surface area contributed by atoms with Crippen molar-refractivity contribution in [2.45, 2.75) is 45.3 Å². The second-order valence-corrected chi connectivity index (χ2v) is 7.60. The maximum atomic E-state index is 13.1. The van der Waals surface area contributed by atoms with Crippen LogP contribution in [0.2, 0.25) is 0 Å². The SMILES string of the molecule is CCCOc1ccc(CNC(=NC)NC2CCN(Cc3ccc(F)cc3)CC2)cn1. The Morgan fingerprint density at radius 1 is 1.17 bits per heavy atom. The third-order valence-corrected chi connectivity index (χ3v) is 5.18. The highest BCUT2D eigenvalue weighted by molar-refractivity contribution is 5.79. The molecule has 2 aromatic rings. The van der Waals surface area contributed by atoms with Crippen LogP contribution in [0.4, 0.5) is 4.39 Å². The fourth-order valence-electron chi connectivity index (χ4n) is 3.46. The molecule has 0 saturated carbocycles. The zero-order chi connectivity index (χ0) is 21.2. The summed E-state index contributed by atoms with van der Waals surface area (Å²) >= 11 is 0. The second kappa shape index (κ2) is 11.5. The Labute approximate surface area is 178 Å². The highest BCUT2D eigenvalue weighted by Gasteiger charge is 2.20. The number of piperidine rings is 1. The van der Waals surface area contributed by atoms with Gasteiger partial charge in [-0.1, -0.05) is 25.1 Å². The number of aliphatic imine (C=N–C) groups is 1. The lowest BCUT2D eigenvalue weighted by molar-refractivity contribution is 0.198. The van der Waals surface area contributed by atoms with Gasteiger partial charge in [0.25, 0.3) is 0 Å². The summed E-state index contributed by atoms with van der Waals surface area (Å²) in [4.78, 5) is 11.1. The molecule has 7 heteroatoms. The fraction of sp³-hybridized carbons (Fsp3) is 0.478. The second-order valence-electron chi connectivity index (χ2n) is 7.60. The number of pyridine rings is 1. The van der Waals surface area contributed by atoms with Crippen molar-refractivity contribution in [2.24, 2.45) is 4.99 Å². The molecule has 1 fully saturated rings. The van der Waals surface area contributed by atoms with Crippen molar-refractivity contribution >= 4 is 5.96 Å². The van der Waals surface area contributed by atoms with Crippen LogP contribution >= 0.6 is 0 Å². The number of ether oxygens (including phenoxy) is 1. The highest BCUT2D eigenvalue weighted by atomic mass is 19.1. The van der Waals surface area contributed by atoms with Crippen molar-refractivity contribution in [3.8, 4) is 5.88 Å². The number of hydrogen-bond donors (Lipinski definition) is 2. The zero-order valence-corrected chi connectivity index (χ0v) is 17.9. The average Bonchev–Trinajstić information content (AvgIpc) is 2.78. The van der Waals surface area contributed by atoms with Gasteiger partial charge in [-0.15, -0.1) is 0 Å². The molecule has 0 amide bonds. The van der Waals surface area contributed by atoms with Crippen LogP contribution in [-0.4, -0.2) is 48.6 Å². The van der Waals surface area contributed by atoms with E-state index in [1.807, 2.05) is 30.5 Å². The average molecular weight is 414 g/mol. The van der Waals surface area contributed by atoms with Crippen LogP contribution in [0.3, 0.4) is 0 Å². The summed E-state index contributed by atoms with van der Waals surface area (Å²) in [5, 5.41) is 6.89. The molecule has 2 heterocycles. The van der Waals surface area contributed by atoms with Gasteiger partial charge in [-0.25, -0.2) is 9.37 Å². The summed E-state index contributed by atoms with van der Waals surface area (Å²) in [6.45, 7) is 6.30. The molecule has 0 aliphatic carbocycles. The van der Waals surface area contributed by atoms with E-state index in [-0.39, 0.29) is 5.82 Å². The summed E-state index contributed by atoms with van der Waals surface area (Å²) in [6, 6.07) is 11.1. The summed E-state index contributed by atoms with van der Waals surface area (Å²) in [6.07, 6.45) is 4.90. The third-order valence-electron chi connectivity index (χ3n) is 5.18. The Morgan fingerprint density at radius 2 is 1.90 bits per heavy atom. The van der Waals surface area contributed by atoms with E-state index in [2.05, 4.69) is 32.4 Å². The van der Waals surface area contributed by atoms with Crippen LogP contribution < -0.4 is 15.4 Å². The van der Waals surface area contributed by atoms with E-state index < -0.39 is 0 Å². The molecule has 1 saturated heterocycles. The smallest absolute Gasteiger partial charge is 0.213 e. The van der Waals surface area contributed by atoms with E-state index in [1.54, 1.807) is 7.05 Å². The monoisotopic (exact) mass is 413 g/mol. The van der Waals surface area contributed by atoms with E-state index >= 15 is 0 Å². The molecule has 0 bridgehead atoms. The largest absolute Gasteiger partial charge is 0.478 e. The van der Waals surface area contributed by atoms with Crippen LogP contribution in [0.25, 0.3) is 0 Å². The van der Waals surface area contributed by atoms with Gasteiger partial charge in [-0.3, -0.25) is 9.89 Å². The van der Waals surface area contributed by atoms with Crippen molar-refractivity contribution in [3.63, 3.8) is 0 Å². The molecule has 162 valence electrons. The number of hydrogen-bond acceptors (Lipinski definition) is 4. The minimum Gasteiger partial charge on any atom is -0.478 e. The van der Waals surface area contributed by atoms with E-state index in [4.69, 9.17) is 4.74 Å². The predicted molar refractivity (Wildman–Crippen MR) is 118 cm³/mol. The molecule has 0 spiro atoms. The molecule has 6 nitrogen and oxygen atoms in total. The molecular formula is C23H32FN5O. The number of halogens is 1. The van der Waals surface area contributed by atoms with Crippen molar-refractivity contribution in [1.29, 1.82) is 0 Å². The molecule has 0 radical (unpaired) electrons. The standard InChI is InChI=1S/C23H32FN5O/c1-3-14-30-22-9-6-19(15-26-22)16-27-23(25-2)28-21-10-12-29(13-11-21)17-18-4-7-20(24)8-5-18/h4-9,15,21H,3,10-14,16-17H2,1-2H3,(H2,25,27,28). The Morgan fingerprint density at radius 3 is 2.53 bits per heavy atom. The first-order chi connectivity index (χ1) is 14.7. The Bertz CT molecular complexity index is 786. The molecule has 1 aromatic heterocycles. The number of nitrogens with one attached hydrogen (secondary N) is 2. The van der Waals surface area contributed by atoms with Gasteiger partial charge in [0.2, 0.25) is 5.88 Å². The molecule has 3 rings (SSSR count). The summed E-state index contributed by atoms with van der Waals surface area (Å²) in [5.41, 5.74) is 2.23. The lowest BCUT2D eigenvalue weighted by atomic mass is 10.0. The van der Waals surface area contributed by atoms with Crippen LogP contribution in [0.5, 0.6) is 5.88 Å². The van der Waals surface area contributed by atoms with Crippen molar-refractivity contribution in [3.05, 3.63) is 59.5 Å². The first kappa shape index (κ1) is 22.0. The van der Waals surface area contributed by atoms with Gasteiger partial charge in [0, 0.05) is 51.5 Å². The number of nitrogens with zero attached hydrogens (tertiary/aromatic N) is 3. The molecule has 2 N–H and O–H groups in total. The highest BCUT2D eigenvalue weighted by Crippen LogP contribution is 2.14. The normalized spacial score (nSPS) is 15.8. The predicted octanol–water partition coefficient (Wildman–Crippen LogP) is 3.34. The minimum absolute atomic E-state index is 0.183. The van der Waals surface area contributed by atoms with Crippen LogP contribution in [0, 0.1) is 5.82 Å². The lowest BCUT2D eigenvalue weighted by Crippen LogP contribution is -2.48. The third kappa shape index (κ3) is 6.99. The molecule has 30 heavy (non-hydrogen) atoms. The summed E-state index contributed by atoms with van der Waals surface area (Å²) in [5.74, 6) is 1.28. The van der Waals surface area contributed by atoms with Gasteiger partial charge in [0.05, 0.1) is 6.61 Å². The minimum atomic E-state index is -0.183. The topological polar surface area (TPSA) is 61.8 Å². The Kier molecular flexibility index (Phi) is 8.44. The van der Waals surface area contributed by atoms with Crippen molar-refractivity contribution < 1.29 is 9.13 Å². The maximum Gasteiger partial charge on any atom is 0.213 e. The number of benzene rings is 1. The summed E-state index contributed by atoms with van der Waals surface area (Å²) < 4.78 is 18.6. The number of guanidine groups is 1. The van der Waals surface area contributed by atoms with Gasteiger partial charge in [0.15, 0.2) is 5.96 Å². The molecule has 1 aliphatic rings. The molecular weight excluding hydrogens is 381 g/mol. The molecule has 0 unspecified atom stereocenters. The van der Waals surface area contributed by atoms with Crippen molar-refractivity contribution in [2.75, 3.05) is 26.7 Å². The molecule has 1 aromatic carbocycles. The Balaban J connectivity index is 1.39. The van der Waals surface area contributed by atoms with Gasteiger partial charge in [-0.2, -0.15) is 0 Å². The van der Waals surface area contributed by atoms with E-state index in [9.17, 15) is 4.39 Å². The van der Waals surface area contributed by atoms with E-state index in [0.717, 1.165) is 56.0 Å². The van der Waals surface area contributed by atoms with Gasteiger partial charge >= 0.3 is 0 Å². The zero-order valence-electron chi connectivity index (χ0n) is 17.9. The molecule has 0 atom stereocenters. The number of aromatic nitrogens is 1. The van der Waals surface area contributed by atoms with Crippen LogP contribution in [0.15, 0.2) is 47.6 Å². The number of likely N-dealkylation sites (tertiary alicyclic amines) is 1. The maximum absolute atomic E-state index is 13.1. The van der Waals surface area contributed by atoms with E-state index in [1.165, 1.54) is 12.1 Å². The first-order valence-corrected chi connectivity index (χ1v) is 10.7. The van der Waals surface area contributed by atoms with Gasteiger partial charge < -0.3 is 15.4 Å². The van der Waals surface area contributed by atoms with Crippen LogP contribution in [0.1, 0.15) is 37.3 Å². The van der Waals surface area contributed by atoms with E-state index in [0.29, 0.717) is 25.1 Å². The molecule has 1 aliphatic heterocycles. The Hall–Kier alpha value is -2.67. The lowest BCUT2D eigenvalue weighted by Gasteiger charge is -2.33. The van der Waals surface area contributed by atoms with Crippen LogP contribution in [-0.2, 0) is 13.1 Å².